The minimum Gasteiger partial charge on any atom is -0.443 e. The van der Waals surface area contributed by atoms with E-state index in [2.05, 4.69) is 78.6 Å². The number of nitrogens with zero attached hydrogens (tertiary/aromatic N) is 2. The molecule has 6 heteroatoms. The van der Waals surface area contributed by atoms with Gasteiger partial charge in [0.1, 0.15) is 12.3 Å². The van der Waals surface area contributed by atoms with Crippen molar-refractivity contribution in [2.45, 2.75) is 64.3 Å². The molecule has 1 heterocycles. The van der Waals surface area contributed by atoms with Crippen LogP contribution in [0.25, 0.3) is 0 Å². The van der Waals surface area contributed by atoms with Gasteiger partial charge in [0.05, 0.1) is 6.20 Å². The van der Waals surface area contributed by atoms with Crippen molar-refractivity contribution in [1.82, 2.24) is 15.6 Å². The van der Waals surface area contributed by atoms with Gasteiger partial charge in [-0.25, -0.2) is 9.98 Å². The van der Waals surface area contributed by atoms with Crippen molar-refractivity contribution in [1.29, 1.82) is 0 Å². The Hall–Kier alpha value is -1.57. The molecule has 1 aromatic heterocycles. The average Bonchev–Trinajstić information content (AvgIpc) is 3.09. The highest BCUT2D eigenvalue weighted by Crippen LogP contribution is 2.43. The quantitative estimate of drug-likeness (QED) is 0.344. The lowest BCUT2D eigenvalue weighted by molar-refractivity contribution is 0.244. The summed E-state index contributed by atoms with van der Waals surface area (Å²) in [6.07, 6.45) is 5.54. The summed E-state index contributed by atoms with van der Waals surface area (Å²) in [5.41, 5.74) is 1.60. The van der Waals surface area contributed by atoms with Gasteiger partial charge in [-0.05, 0) is 25.3 Å². The van der Waals surface area contributed by atoms with Crippen LogP contribution in [-0.2, 0) is 17.4 Å². The van der Waals surface area contributed by atoms with Crippen LogP contribution in [0.3, 0.4) is 0 Å². The number of rotatable bonds is 6. The first-order chi connectivity index (χ1) is 12.9. The standard InChI is InChI=1S/C22H32N4O.HI/c1-5-23-20(25-15-19-24-14-18(27-19)21(2,3)4)26-16-22(12-9-13-22)17-10-7-6-8-11-17;/h6-8,10-11,14H,5,9,12-13,15-16H2,1-4H3,(H2,23,25,26);1H. The molecule has 0 atom stereocenters. The monoisotopic (exact) mass is 496 g/mol. The minimum absolute atomic E-state index is 0. The Morgan fingerprint density at radius 2 is 1.89 bits per heavy atom. The summed E-state index contributed by atoms with van der Waals surface area (Å²) in [6.45, 7) is 10.6. The Labute approximate surface area is 185 Å². The highest BCUT2D eigenvalue weighted by atomic mass is 127. The van der Waals surface area contributed by atoms with Gasteiger partial charge in [-0.15, -0.1) is 24.0 Å². The van der Waals surface area contributed by atoms with Gasteiger partial charge in [-0.1, -0.05) is 57.5 Å². The molecule has 1 aromatic carbocycles. The fourth-order valence-electron chi connectivity index (χ4n) is 3.43. The molecule has 5 nitrogen and oxygen atoms in total. The number of guanidine groups is 1. The van der Waals surface area contributed by atoms with E-state index in [0.29, 0.717) is 12.4 Å². The molecule has 1 fully saturated rings. The Morgan fingerprint density at radius 1 is 1.18 bits per heavy atom. The summed E-state index contributed by atoms with van der Waals surface area (Å²) in [5, 5.41) is 6.87. The number of aliphatic imine (C=N–C) groups is 1. The first-order valence-corrected chi connectivity index (χ1v) is 9.96. The molecule has 1 aliphatic rings. The zero-order valence-corrected chi connectivity index (χ0v) is 19.7. The Kier molecular flexibility index (Phi) is 7.92. The Balaban J connectivity index is 0.00000280. The second-order valence-electron chi connectivity index (χ2n) is 8.42. The number of hydrogen-bond donors (Lipinski definition) is 2. The van der Waals surface area contributed by atoms with Crippen molar-refractivity contribution < 1.29 is 4.42 Å². The van der Waals surface area contributed by atoms with Crippen LogP contribution >= 0.6 is 24.0 Å². The van der Waals surface area contributed by atoms with E-state index in [1.165, 1.54) is 24.8 Å². The third kappa shape index (κ3) is 5.49. The minimum atomic E-state index is -0.0377. The molecule has 0 spiro atoms. The second-order valence-corrected chi connectivity index (χ2v) is 8.42. The van der Waals surface area contributed by atoms with Gasteiger partial charge >= 0.3 is 0 Å². The molecule has 1 aliphatic carbocycles. The predicted octanol–water partition coefficient (Wildman–Crippen LogP) is 4.77. The molecule has 1 saturated carbocycles. The highest BCUT2D eigenvalue weighted by molar-refractivity contribution is 14.0. The van der Waals surface area contributed by atoms with Crippen molar-refractivity contribution in [3.8, 4) is 0 Å². The fraction of sp³-hybridized carbons (Fsp3) is 0.545. The summed E-state index contributed by atoms with van der Waals surface area (Å²) in [7, 11) is 0. The van der Waals surface area contributed by atoms with Crippen molar-refractivity contribution in [2.75, 3.05) is 13.1 Å². The van der Waals surface area contributed by atoms with Crippen LogP contribution in [0, 0.1) is 0 Å². The van der Waals surface area contributed by atoms with E-state index in [1.807, 2.05) is 6.20 Å². The average molecular weight is 496 g/mol. The van der Waals surface area contributed by atoms with Gasteiger partial charge in [0.15, 0.2) is 5.96 Å². The number of benzene rings is 1. The van der Waals surface area contributed by atoms with Crippen molar-refractivity contribution >= 4 is 29.9 Å². The lowest BCUT2D eigenvalue weighted by Crippen LogP contribution is -2.48. The molecular weight excluding hydrogens is 463 g/mol. The van der Waals surface area contributed by atoms with Crippen molar-refractivity contribution in [3.05, 3.63) is 53.7 Å². The van der Waals surface area contributed by atoms with Crippen LogP contribution in [-0.4, -0.2) is 24.0 Å². The number of nitrogens with one attached hydrogen (secondary N) is 2. The van der Waals surface area contributed by atoms with Gasteiger partial charge in [0.2, 0.25) is 5.89 Å². The lowest BCUT2D eigenvalue weighted by Gasteiger charge is -2.43. The smallest absolute Gasteiger partial charge is 0.216 e. The summed E-state index contributed by atoms with van der Waals surface area (Å²) < 4.78 is 5.85. The molecular formula is C22H33IN4O. The number of hydrogen-bond acceptors (Lipinski definition) is 3. The Bertz CT molecular complexity index is 760. The fourth-order valence-corrected chi connectivity index (χ4v) is 3.43. The van der Waals surface area contributed by atoms with E-state index in [-0.39, 0.29) is 34.8 Å². The zero-order chi connectivity index (χ0) is 19.3. The summed E-state index contributed by atoms with van der Waals surface area (Å²) in [5.74, 6) is 2.36. The normalized spacial score (nSPS) is 16.1. The van der Waals surface area contributed by atoms with E-state index in [1.54, 1.807) is 0 Å². The van der Waals surface area contributed by atoms with E-state index in [9.17, 15) is 0 Å². The van der Waals surface area contributed by atoms with Gasteiger partial charge in [0, 0.05) is 23.9 Å². The predicted molar refractivity (Wildman–Crippen MR) is 125 cm³/mol. The molecule has 0 bridgehead atoms. The first kappa shape index (κ1) is 22.7. The molecule has 154 valence electrons. The highest BCUT2D eigenvalue weighted by Gasteiger charge is 2.38. The van der Waals surface area contributed by atoms with Crippen LogP contribution < -0.4 is 10.6 Å². The van der Waals surface area contributed by atoms with Gasteiger partial charge in [0.25, 0.3) is 0 Å². The van der Waals surface area contributed by atoms with Gasteiger partial charge in [-0.2, -0.15) is 0 Å². The van der Waals surface area contributed by atoms with E-state index < -0.39 is 0 Å². The van der Waals surface area contributed by atoms with Crippen LogP contribution in [0.5, 0.6) is 0 Å². The van der Waals surface area contributed by atoms with E-state index in [0.717, 1.165) is 24.8 Å². The molecule has 2 N–H and O–H groups in total. The molecule has 0 radical (unpaired) electrons. The number of oxazole rings is 1. The Morgan fingerprint density at radius 3 is 2.43 bits per heavy atom. The summed E-state index contributed by atoms with van der Waals surface area (Å²) in [4.78, 5) is 9.04. The van der Waals surface area contributed by atoms with Crippen LogP contribution in [0.4, 0.5) is 0 Å². The maximum atomic E-state index is 5.85. The molecule has 0 amide bonds. The lowest BCUT2D eigenvalue weighted by atomic mass is 9.64. The van der Waals surface area contributed by atoms with Crippen LogP contribution in [0.1, 0.15) is 64.2 Å². The summed E-state index contributed by atoms with van der Waals surface area (Å²) >= 11 is 0. The molecule has 0 unspecified atom stereocenters. The SMILES string of the molecule is CCNC(=NCc1ncc(C(C)(C)C)o1)NCC1(c2ccccc2)CCC1.I. The molecule has 0 aliphatic heterocycles. The van der Waals surface area contributed by atoms with Crippen LogP contribution in [0.2, 0.25) is 0 Å². The van der Waals surface area contributed by atoms with E-state index in [4.69, 9.17) is 4.42 Å². The molecule has 0 saturated heterocycles. The number of aromatic nitrogens is 1. The third-order valence-electron chi connectivity index (χ3n) is 5.30. The molecule has 2 aromatic rings. The first-order valence-electron chi connectivity index (χ1n) is 9.96. The van der Waals surface area contributed by atoms with Crippen molar-refractivity contribution in [3.63, 3.8) is 0 Å². The van der Waals surface area contributed by atoms with Crippen molar-refractivity contribution in [2.24, 2.45) is 4.99 Å². The second kappa shape index (κ2) is 9.76. The topological polar surface area (TPSA) is 62.5 Å². The molecule has 3 rings (SSSR count). The van der Waals surface area contributed by atoms with Gasteiger partial charge in [-0.3, -0.25) is 0 Å². The van der Waals surface area contributed by atoms with Crippen LogP contribution in [0.15, 0.2) is 45.9 Å². The maximum Gasteiger partial charge on any atom is 0.216 e. The maximum absolute atomic E-state index is 5.85. The third-order valence-corrected chi connectivity index (χ3v) is 5.30. The number of halogens is 1. The van der Waals surface area contributed by atoms with E-state index >= 15 is 0 Å². The summed E-state index contributed by atoms with van der Waals surface area (Å²) in [6, 6.07) is 10.8. The zero-order valence-electron chi connectivity index (χ0n) is 17.4. The molecule has 28 heavy (non-hydrogen) atoms. The van der Waals surface area contributed by atoms with Gasteiger partial charge < -0.3 is 15.1 Å². The largest absolute Gasteiger partial charge is 0.443 e.